The maximum Gasteiger partial charge on any atom is 1.00 e. The van der Waals surface area contributed by atoms with E-state index < -0.39 is 0 Å². The molecule has 46 valence electrons. The SMILES string of the molecule is CCC(C)(C)CO.[H-].[Na+]. The maximum atomic E-state index is 8.59. The molecule has 1 N–H and O–H groups in total. The molecule has 0 atom stereocenters. The molecule has 0 rings (SSSR count). The van der Waals surface area contributed by atoms with Gasteiger partial charge in [-0.2, -0.15) is 0 Å². The first kappa shape index (κ1) is 11.7. The van der Waals surface area contributed by atoms with Crippen LogP contribution < -0.4 is 29.6 Å². The molecule has 0 unspecified atom stereocenters. The molecule has 0 spiro atoms. The normalized spacial score (nSPS) is 10.5. The van der Waals surface area contributed by atoms with Crippen LogP contribution >= 0.6 is 0 Å². The Morgan fingerprint density at radius 2 is 1.88 bits per heavy atom. The fourth-order valence-corrected chi connectivity index (χ4v) is 0.112. The summed E-state index contributed by atoms with van der Waals surface area (Å²) in [6.07, 6.45) is 1.05. The van der Waals surface area contributed by atoms with Crippen molar-refractivity contribution in [1.82, 2.24) is 0 Å². The minimum atomic E-state index is 0. The van der Waals surface area contributed by atoms with Crippen molar-refractivity contribution >= 4 is 0 Å². The summed E-state index contributed by atoms with van der Waals surface area (Å²) in [7, 11) is 0. The van der Waals surface area contributed by atoms with Crippen molar-refractivity contribution < 1.29 is 36.1 Å². The van der Waals surface area contributed by atoms with Gasteiger partial charge in [0.25, 0.3) is 0 Å². The molecular weight excluding hydrogens is 111 g/mol. The summed E-state index contributed by atoms with van der Waals surface area (Å²) >= 11 is 0. The minimum Gasteiger partial charge on any atom is -1.00 e. The summed E-state index contributed by atoms with van der Waals surface area (Å²) in [4.78, 5) is 0. The van der Waals surface area contributed by atoms with Crippen LogP contribution in [0.15, 0.2) is 0 Å². The Kier molecular flexibility index (Phi) is 7.04. The number of hydrogen-bond acceptors (Lipinski definition) is 1. The molecule has 0 fully saturated rings. The van der Waals surface area contributed by atoms with Gasteiger partial charge in [-0.1, -0.05) is 20.8 Å². The van der Waals surface area contributed by atoms with Crippen LogP contribution in [0.1, 0.15) is 28.6 Å². The number of aliphatic hydroxyl groups is 1. The van der Waals surface area contributed by atoms with Crippen molar-refractivity contribution in [3.8, 4) is 0 Å². The van der Waals surface area contributed by atoms with E-state index in [1.165, 1.54) is 0 Å². The third-order valence-electron chi connectivity index (χ3n) is 1.39. The largest absolute Gasteiger partial charge is 1.00 e. The number of rotatable bonds is 2. The van der Waals surface area contributed by atoms with Crippen LogP contribution in [-0.2, 0) is 0 Å². The van der Waals surface area contributed by atoms with Crippen LogP contribution in [0.4, 0.5) is 0 Å². The predicted molar refractivity (Wildman–Crippen MR) is 32.3 cm³/mol. The fraction of sp³-hybridized carbons (Fsp3) is 1.00. The zero-order valence-electron chi connectivity index (χ0n) is 7.36. The molecule has 0 aromatic carbocycles. The standard InChI is InChI=1S/C6H14O.Na.H/c1-4-6(2,3)5-7;;/h7H,4-5H2,1-3H3;;/q;+1;-1. The molecule has 1 nitrogen and oxygen atoms in total. The van der Waals surface area contributed by atoms with Crippen LogP contribution in [-0.4, -0.2) is 11.7 Å². The average molecular weight is 126 g/mol. The van der Waals surface area contributed by atoms with E-state index in [0.717, 1.165) is 6.42 Å². The predicted octanol–water partition coefficient (Wildman–Crippen LogP) is -1.47. The van der Waals surface area contributed by atoms with E-state index in [9.17, 15) is 0 Å². The molecule has 0 bridgehead atoms. The number of aliphatic hydroxyl groups excluding tert-OH is 1. The van der Waals surface area contributed by atoms with Crippen LogP contribution in [0.3, 0.4) is 0 Å². The van der Waals surface area contributed by atoms with Gasteiger partial charge in [0.15, 0.2) is 0 Å². The molecule has 0 aliphatic carbocycles. The Morgan fingerprint density at radius 1 is 1.50 bits per heavy atom. The second-order valence-electron chi connectivity index (χ2n) is 2.68. The quantitative estimate of drug-likeness (QED) is 0.448. The van der Waals surface area contributed by atoms with Crippen molar-refractivity contribution in [2.75, 3.05) is 6.61 Å². The first-order valence-electron chi connectivity index (χ1n) is 2.73. The second kappa shape index (κ2) is 4.80. The molecule has 0 aliphatic rings. The molecule has 0 aromatic heterocycles. The Hall–Kier alpha value is 0.960. The van der Waals surface area contributed by atoms with Crippen molar-refractivity contribution in [3.63, 3.8) is 0 Å². The van der Waals surface area contributed by atoms with Crippen molar-refractivity contribution in [1.29, 1.82) is 0 Å². The first-order chi connectivity index (χ1) is 3.12. The average Bonchev–Trinajstić information content (AvgIpc) is 1.68. The summed E-state index contributed by atoms with van der Waals surface area (Å²) in [5.74, 6) is 0. The molecule has 0 amide bonds. The number of hydrogen-bond donors (Lipinski definition) is 1. The van der Waals surface area contributed by atoms with Crippen molar-refractivity contribution in [3.05, 3.63) is 0 Å². The summed E-state index contributed by atoms with van der Waals surface area (Å²) in [5, 5.41) is 8.59. The zero-order valence-corrected chi connectivity index (χ0v) is 8.36. The van der Waals surface area contributed by atoms with E-state index in [2.05, 4.69) is 6.92 Å². The maximum absolute atomic E-state index is 8.59. The Labute approximate surface area is 75.3 Å². The summed E-state index contributed by atoms with van der Waals surface area (Å²) in [6.45, 7) is 6.47. The summed E-state index contributed by atoms with van der Waals surface area (Å²) in [6, 6.07) is 0. The molecular formula is C6H15NaO. The monoisotopic (exact) mass is 126 g/mol. The summed E-state index contributed by atoms with van der Waals surface area (Å²) < 4.78 is 0. The van der Waals surface area contributed by atoms with Crippen LogP contribution in [0, 0.1) is 5.41 Å². The minimum absolute atomic E-state index is 0. The van der Waals surface area contributed by atoms with Gasteiger partial charge in [-0.05, 0) is 11.8 Å². The van der Waals surface area contributed by atoms with E-state index in [1.807, 2.05) is 13.8 Å². The molecule has 8 heavy (non-hydrogen) atoms. The first-order valence-corrected chi connectivity index (χ1v) is 2.73. The molecule has 0 saturated heterocycles. The van der Waals surface area contributed by atoms with Gasteiger partial charge in [0, 0.05) is 6.61 Å². The molecule has 2 heteroatoms. The van der Waals surface area contributed by atoms with E-state index in [4.69, 9.17) is 5.11 Å². The van der Waals surface area contributed by atoms with E-state index >= 15 is 0 Å². The van der Waals surface area contributed by atoms with Gasteiger partial charge >= 0.3 is 29.6 Å². The molecule has 0 aromatic rings. The van der Waals surface area contributed by atoms with Gasteiger partial charge in [-0.25, -0.2) is 0 Å². The van der Waals surface area contributed by atoms with E-state index in [1.54, 1.807) is 0 Å². The van der Waals surface area contributed by atoms with Crippen molar-refractivity contribution in [2.24, 2.45) is 5.41 Å². The van der Waals surface area contributed by atoms with Crippen LogP contribution in [0.2, 0.25) is 0 Å². The van der Waals surface area contributed by atoms with E-state index in [-0.39, 0.29) is 36.4 Å². The molecule has 0 radical (unpaired) electrons. The Morgan fingerprint density at radius 3 is 1.88 bits per heavy atom. The fourth-order valence-electron chi connectivity index (χ4n) is 0.112. The van der Waals surface area contributed by atoms with Gasteiger partial charge in [-0.15, -0.1) is 0 Å². The second-order valence-corrected chi connectivity index (χ2v) is 2.68. The van der Waals surface area contributed by atoms with Crippen LogP contribution in [0.5, 0.6) is 0 Å². The third kappa shape index (κ3) is 5.10. The van der Waals surface area contributed by atoms with Crippen LogP contribution in [0.25, 0.3) is 0 Å². The Bertz CT molecular complexity index is 51.0. The van der Waals surface area contributed by atoms with Gasteiger partial charge in [0.05, 0.1) is 0 Å². The smallest absolute Gasteiger partial charge is 1.00 e. The molecule has 0 heterocycles. The van der Waals surface area contributed by atoms with Crippen molar-refractivity contribution in [2.45, 2.75) is 27.2 Å². The zero-order chi connectivity index (χ0) is 5.91. The van der Waals surface area contributed by atoms with Gasteiger partial charge < -0.3 is 6.53 Å². The third-order valence-corrected chi connectivity index (χ3v) is 1.39. The van der Waals surface area contributed by atoms with Gasteiger partial charge in [0.2, 0.25) is 0 Å². The van der Waals surface area contributed by atoms with E-state index in [0.29, 0.717) is 6.61 Å². The molecule has 0 saturated carbocycles. The molecule has 0 aliphatic heterocycles. The van der Waals surface area contributed by atoms with Gasteiger partial charge in [-0.3, -0.25) is 0 Å². The summed E-state index contributed by atoms with van der Waals surface area (Å²) in [5.41, 5.74) is 0.139. The topological polar surface area (TPSA) is 20.2 Å². The Balaban J connectivity index is -0.000000180. The van der Waals surface area contributed by atoms with Gasteiger partial charge in [0.1, 0.15) is 0 Å².